The Morgan fingerprint density at radius 2 is 1.68 bits per heavy atom. The Balaban J connectivity index is 2.14. The van der Waals surface area contributed by atoms with Gasteiger partial charge in [0.1, 0.15) is 6.73 Å². The number of nitrogens with zero attached hydrogens (tertiary/aromatic N) is 2. The lowest BCUT2D eigenvalue weighted by Crippen LogP contribution is -2.41. The third-order valence-corrected chi connectivity index (χ3v) is 6.55. The molecule has 0 spiro atoms. The Hall–Kier alpha value is -0.495. The van der Waals surface area contributed by atoms with Crippen LogP contribution in [0.2, 0.25) is 0 Å². The molecule has 1 aromatic rings. The zero-order valence-electron chi connectivity index (χ0n) is 17.4. The van der Waals surface area contributed by atoms with Gasteiger partial charge in [-0.1, -0.05) is 6.92 Å². The van der Waals surface area contributed by atoms with Gasteiger partial charge in [0.15, 0.2) is 0 Å². The lowest BCUT2D eigenvalue weighted by molar-refractivity contribution is 0.00578. The molecule has 0 amide bonds. The van der Waals surface area contributed by atoms with Crippen molar-refractivity contribution < 1.29 is 14.0 Å². The monoisotopic (exact) mass is 370 g/mol. The molecule has 0 saturated carbocycles. The maximum atomic E-state index is 6.24. The molecule has 7 heteroatoms. The Morgan fingerprint density at radius 3 is 2.16 bits per heavy atom. The molecule has 0 radical (unpaired) electrons. The average Bonchev–Trinajstić information content (AvgIpc) is 2.87. The fourth-order valence-corrected chi connectivity index (χ4v) is 3.47. The van der Waals surface area contributed by atoms with Gasteiger partial charge in [-0.05, 0) is 59.8 Å². The van der Waals surface area contributed by atoms with Crippen molar-refractivity contribution in [2.75, 3.05) is 31.1 Å². The standard InChI is InChI=1S/C18H35BN2O3S/c1-10-15-16(19-23-17(3,4)18(5,6)24-19)14(2)20-21(15)13-22-11-12-25(7,8)9/h10-13H2,1-9H3. The highest BCUT2D eigenvalue weighted by molar-refractivity contribution is 8.32. The minimum absolute atomic E-state index is 0.344. The van der Waals surface area contributed by atoms with Gasteiger partial charge < -0.3 is 14.0 Å². The van der Waals surface area contributed by atoms with Gasteiger partial charge in [-0.15, -0.1) is 0 Å². The number of aromatic nitrogens is 2. The van der Waals surface area contributed by atoms with E-state index in [0.717, 1.165) is 35.6 Å². The number of aryl methyl sites for hydroxylation is 1. The molecular weight excluding hydrogens is 335 g/mol. The van der Waals surface area contributed by atoms with Gasteiger partial charge in [0, 0.05) is 16.9 Å². The molecular formula is C18H35BN2O3S. The van der Waals surface area contributed by atoms with E-state index in [1.54, 1.807) is 0 Å². The van der Waals surface area contributed by atoms with E-state index in [-0.39, 0.29) is 18.3 Å². The second-order valence-electron chi connectivity index (χ2n) is 8.72. The smallest absolute Gasteiger partial charge is 0.399 e. The van der Waals surface area contributed by atoms with Crippen molar-refractivity contribution in [1.82, 2.24) is 9.78 Å². The second-order valence-corrected chi connectivity index (χ2v) is 13.3. The van der Waals surface area contributed by atoms with E-state index < -0.39 is 10.0 Å². The maximum Gasteiger partial charge on any atom is 0.498 e. The van der Waals surface area contributed by atoms with Gasteiger partial charge in [-0.2, -0.15) is 5.10 Å². The topological polar surface area (TPSA) is 45.5 Å². The van der Waals surface area contributed by atoms with Crippen LogP contribution in [0.1, 0.15) is 46.0 Å². The lowest BCUT2D eigenvalue weighted by atomic mass is 9.76. The summed E-state index contributed by atoms with van der Waals surface area (Å²) in [5.41, 5.74) is 2.47. The molecule has 5 nitrogen and oxygen atoms in total. The highest BCUT2D eigenvalue weighted by atomic mass is 32.3. The third kappa shape index (κ3) is 4.62. The van der Waals surface area contributed by atoms with E-state index in [1.165, 1.54) is 0 Å². The van der Waals surface area contributed by atoms with Gasteiger partial charge in [-0.3, -0.25) is 0 Å². The van der Waals surface area contributed by atoms with E-state index in [9.17, 15) is 0 Å². The van der Waals surface area contributed by atoms with Crippen LogP contribution in [0.4, 0.5) is 0 Å². The number of rotatable bonds is 7. The average molecular weight is 370 g/mol. The summed E-state index contributed by atoms with van der Waals surface area (Å²) in [5.74, 6) is 1.11. The van der Waals surface area contributed by atoms with Crippen LogP contribution in [0.25, 0.3) is 0 Å². The Morgan fingerprint density at radius 1 is 1.12 bits per heavy atom. The second kappa shape index (κ2) is 7.26. The van der Waals surface area contributed by atoms with Crippen molar-refractivity contribution >= 4 is 22.6 Å². The summed E-state index contributed by atoms with van der Waals surface area (Å²) in [7, 11) is -0.899. The molecule has 1 aliphatic heterocycles. The summed E-state index contributed by atoms with van der Waals surface area (Å²) in [6, 6.07) is 0. The molecule has 0 aliphatic carbocycles. The number of hydrogen-bond donors (Lipinski definition) is 0. The molecule has 2 heterocycles. The van der Waals surface area contributed by atoms with Crippen LogP contribution in [-0.2, 0) is 27.2 Å². The molecule has 0 atom stereocenters. The predicted molar refractivity (Wildman–Crippen MR) is 108 cm³/mol. The Labute approximate surface area is 155 Å². The predicted octanol–water partition coefficient (Wildman–Crippen LogP) is 2.72. The summed E-state index contributed by atoms with van der Waals surface area (Å²) in [6.45, 7) is 13.7. The van der Waals surface area contributed by atoms with Crippen molar-refractivity contribution in [3.05, 3.63) is 11.4 Å². The van der Waals surface area contributed by atoms with E-state index in [0.29, 0.717) is 6.73 Å². The van der Waals surface area contributed by atoms with Crippen LogP contribution in [0.15, 0.2) is 0 Å². The van der Waals surface area contributed by atoms with E-state index in [1.807, 2.05) is 11.6 Å². The van der Waals surface area contributed by atoms with Gasteiger partial charge in [-0.25, -0.2) is 14.7 Å². The minimum atomic E-state index is -0.531. The van der Waals surface area contributed by atoms with Gasteiger partial charge in [0.05, 0.1) is 23.5 Å². The summed E-state index contributed by atoms with van der Waals surface area (Å²) in [4.78, 5) is 0. The normalized spacial score (nSPS) is 20.3. The SMILES string of the molecule is CCc1c(B2OC(C)(C)C(C)(C)O2)c(C)nn1COCCS(C)(C)C. The van der Waals surface area contributed by atoms with Gasteiger partial charge in [0.2, 0.25) is 0 Å². The summed E-state index contributed by atoms with van der Waals surface area (Å²) in [5, 5.41) is 4.69. The van der Waals surface area contributed by atoms with Gasteiger partial charge in [0.25, 0.3) is 0 Å². The maximum absolute atomic E-state index is 6.24. The first-order chi connectivity index (χ1) is 11.4. The molecule has 1 aliphatic rings. The molecule has 1 saturated heterocycles. The highest BCUT2D eigenvalue weighted by Crippen LogP contribution is 2.37. The van der Waals surface area contributed by atoms with E-state index in [2.05, 4.69) is 53.4 Å². The van der Waals surface area contributed by atoms with Crippen LogP contribution >= 0.6 is 10.0 Å². The van der Waals surface area contributed by atoms with Crippen molar-refractivity contribution in [2.24, 2.45) is 0 Å². The Bertz CT molecular complexity index is 592. The molecule has 2 rings (SSSR count). The van der Waals surface area contributed by atoms with Crippen LogP contribution < -0.4 is 5.46 Å². The summed E-state index contributed by atoms with van der Waals surface area (Å²) < 4.78 is 20.3. The zero-order valence-corrected chi connectivity index (χ0v) is 18.2. The minimum Gasteiger partial charge on any atom is -0.399 e. The van der Waals surface area contributed by atoms with Crippen LogP contribution in [0, 0.1) is 6.92 Å². The zero-order chi connectivity index (χ0) is 19.0. The van der Waals surface area contributed by atoms with Crippen molar-refractivity contribution in [1.29, 1.82) is 0 Å². The quantitative estimate of drug-likeness (QED) is 0.547. The first kappa shape index (κ1) is 20.8. The van der Waals surface area contributed by atoms with Crippen molar-refractivity contribution in [3.8, 4) is 0 Å². The Kier molecular flexibility index (Phi) is 6.04. The van der Waals surface area contributed by atoms with Crippen LogP contribution in [0.3, 0.4) is 0 Å². The molecule has 0 bridgehead atoms. The fourth-order valence-electron chi connectivity index (χ4n) is 2.85. The molecule has 0 unspecified atom stereocenters. The van der Waals surface area contributed by atoms with Crippen molar-refractivity contribution in [2.45, 2.75) is 65.9 Å². The third-order valence-electron chi connectivity index (χ3n) is 5.16. The number of hydrogen-bond acceptors (Lipinski definition) is 4. The molecule has 0 N–H and O–H groups in total. The highest BCUT2D eigenvalue weighted by Gasteiger charge is 2.53. The molecule has 0 aromatic carbocycles. The van der Waals surface area contributed by atoms with Crippen LogP contribution in [0.5, 0.6) is 0 Å². The van der Waals surface area contributed by atoms with Gasteiger partial charge >= 0.3 is 7.12 Å². The number of ether oxygens (including phenoxy) is 1. The summed E-state index contributed by atoms with van der Waals surface area (Å²) in [6.07, 6.45) is 7.79. The largest absolute Gasteiger partial charge is 0.498 e. The van der Waals surface area contributed by atoms with Crippen molar-refractivity contribution in [3.63, 3.8) is 0 Å². The molecule has 1 aromatic heterocycles. The lowest BCUT2D eigenvalue weighted by Gasteiger charge is -2.32. The fraction of sp³-hybridized carbons (Fsp3) is 0.833. The summed E-state index contributed by atoms with van der Waals surface area (Å²) >= 11 is 0. The first-order valence-corrected chi connectivity index (χ1v) is 12.1. The van der Waals surface area contributed by atoms with E-state index in [4.69, 9.17) is 19.1 Å². The first-order valence-electron chi connectivity index (χ1n) is 9.03. The molecule has 1 fully saturated rings. The molecule has 144 valence electrons. The molecule has 25 heavy (non-hydrogen) atoms. The van der Waals surface area contributed by atoms with Crippen LogP contribution in [-0.4, -0.2) is 59.2 Å². The van der Waals surface area contributed by atoms with E-state index >= 15 is 0 Å².